The molecule has 0 nitrogen and oxygen atoms in total. The molecule has 7 aromatic rings. The molecule has 0 saturated heterocycles. The van der Waals surface area contributed by atoms with Gasteiger partial charge in [-0.3, -0.25) is 0 Å². The Labute approximate surface area is 252 Å². The minimum Gasteiger partial charge on any atom is -0.175 e. The molecular weight excluding hydrogens is 525 g/mol. The summed E-state index contributed by atoms with van der Waals surface area (Å²) in [6.45, 7) is 4.00. The molecule has 0 saturated carbocycles. The lowest BCUT2D eigenvalue weighted by Crippen LogP contribution is -2.25. The van der Waals surface area contributed by atoms with Crippen LogP contribution in [-0.4, -0.2) is 0 Å². The van der Waals surface area contributed by atoms with Crippen LogP contribution >= 0.6 is 12.6 Å². The summed E-state index contributed by atoms with van der Waals surface area (Å²) in [4.78, 5) is 0. The fourth-order valence-corrected chi connectivity index (χ4v) is 7.59. The van der Waals surface area contributed by atoms with Gasteiger partial charge in [0, 0.05) is 11.7 Å². The Morgan fingerprint density at radius 2 is 1.33 bits per heavy atom. The highest BCUT2D eigenvalue weighted by molar-refractivity contribution is 7.79. The molecule has 42 heavy (non-hydrogen) atoms. The molecule has 0 radical (unpaired) electrons. The van der Waals surface area contributed by atoms with Crippen molar-refractivity contribution >= 4 is 67.4 Å². The molecule has 1 unspecified atom stereocenters. The number of hydrogen-bond donors (Lipinski definition) is 1. The number of allylic oxidation sites excluding steroid dienone is 2. The molecule has 0 fully saturated rings. The lowest BCUT2D eigenvalue weighted by atomic mass is 9.79. The lowest BCUT2D eigenvalue weighted by Gasteiger charge is -2.25. The van der Waals surface area contributed by atoms with Gasteiger partial charge in [0.25, 0.3) is 0 Å². The zero-order valence-corrected chi connectivity index (χ0v) is 24.9. The van der Waals surface area contributed by atoms with Crippen molar-refractivity contribution in [2.45, 2.75) is 31.9 Å². The molecule has 2 aliphatic rings. The first-order valence-electron chi connectivity index (χ1n) is 15.1. The van der Waals surface area contributed by atoms with E-state index in [0.717, 1.165) is 6.42 Å². The first kappa shape index (κ1) is 25.4. The largest absolute Gasteiger partial charge is 0.175 e. The Morgan fingerprint density at radius 3 is 2.14 bits per heavy atom. The maximum atomic E-state index is 4.74. The van der Waals surface area contributed by atoms with Crippen LogP contribution < -0.4 is 10.4 Å². The quantitative estimate of drug-likeness (QED) is 0.162. The van der Waals surface area contributed by atoms with Crippen LogP contribution in [-0.2, 0) is 5.75 Å². The molecule has 202 valence electrons. The smallest absolute Gasteiger partial charge is 0.0154 e. The zero-order valence-electron chi connectivity index (χ0n) is 24.0. The van der Waals surface area contributed by atoms with Crippen molar-refractivity contribution in [2.24, 2.45) is 0 Å². The standard InChI is InChI=1S/C39H26S.C2H6/c40-22-23-19-30(32-15-11-28-9-7-24-3-1-5-26-13-17-34(32)38(28)36(24)26)21-31(20-23)33-16-12-29-10-8-25-4-2-6-27-14-18-35(33)39(29)37(25)27;1-2/h1-9,11-21,29,40H,10,22H2;1-2H3. The van der Waals surface area contributed by atoms with E-state index >= 15 is 0 Å². The minimum atomic E-state index is 0.447. The highest BCUT2D eigenvalue weighted by atomic mass is 32.1. The van der Waals surface area contributed by atoms with Crippen LogP contribution in [0.2, 0.25) is 0 Å². The van der Waals surface area contributed by atoms with Gasteiger partial charge in [-0.05, 0) is 99.4 Å². The SMILES string of the molecule is CC.SCc1cc(C2=c3ccc4cccc5c4c3C(C=C2)CC=5)cc(-c2ccc3ccc4cccc5ccc2c3c45)c1. The number of hydrogen-bond acceptors (Lipinski definition) is 1. The molecule has 0 aromatic heterocycles. The Kier molecular flexibility index (Phi) is 5.98. The highest BCUT2D eigenvalue weighted by Crippen LogP contribution is 2.40. The molecule has 0 aliphatic heterocycles. The lowest BCUT2D eigenvalue weighted by molar-refractivity contribution is 0.875. The highest BCUT2D eigenvalue weighted by Gasteiger charge is 2.22. The second kappa shape index (κ2) is 9.89. The van der Waals surface area contributed by atoms with Crippen molar-refractivity contribution in [3.8, 4) is 11.1 Å². The maximum Gasteiger partial charge on any atom is 0.0154 e. The van der Waals surface area contributed by atoms with E-state index in [1.165, 1.54) is 86.9 Å². The number of thiol groups is 1. The summed E-state index contributed by atoms with van der Waals surface area (Å²) in [5.74, 6) is 1.15. The van der Waals surface area contributed by atoms with Crippen LogP contribution in [0.25, 0.3) is 65.9 Å². The van der Waals surface area contributed by atoms with Gasteiger partial charge >= 0.3 is 0 Å². The molecule has 9 rings (SSSR count). The Bertz CT molecular complexity index is 2320. The van der Waals surface area contributed by atoms with Crippen molar-refractivity contribution in [3.05, 3.63) is 142 Å². The average Bonchev–Trinajstić information content (AvgIpc) is 3.06. The van der Waals surface area contributed by atoms with Gasteiger partial charge in [0.15, 0.2) is 0 Å². The van der Waals surface area contributed by atoms with E-state index in [1.807, 2.05) is 13.8 Å². The van der Waals surface area contributed by atoms with Gasteiger partial charge in [0.2, 0.25) is 0 Å². The van der Waals surface area contributed by atoms with Crippen LogP contribution in [0.1, 0.15) is 42.9 Å². The normalized spacial score (nSPS) is 15.3. The van der Waals surface area contributed by atoms with Crippen molar-refractivity contribution in [1.29, 1.82) is 0 Å². The van der Waals surface area contributed by atoms with E-state index in [4.69, 9.17) is 12.6 Å². The monoisotopic (exact) mass is 556 g/mol. The van der Waals surface area contributed by atoms with Crippen molar-refractivity contribution in [2.75, 3.05) is 0 Å². The zero-order chi connectivity index (χ0) is 28.4. The summed E-state index contributed by atoms with van der Waals surface area (Å²) < 4.78 is 0. The molecule has 0 heterocycles. The molecule has 1 atom stereocenters. The third kappa shape index (κ3) is 3.70. The van der Waals surface area contributed by atoms with Gasteiger partial charge in [0.1, 0.15) is 0 Å². The van der Waals surface area contributed by atoms with E-state index in [-0.39, 0.29) is 0 Å². The predicted octanol–water partition coefficient (Wildman–Crippen LogP) is 9.90. The first-order chi connectivity index (χ1) is 20.8. The summed E-state index contributed by atoms with van der Waals surface area (Å²) in [6.07, 6.45) is 8.27. The predicted molar refractivity (Wildman–Crippen MR) is 186 cm³/mol. The molecule has 0 amide bonds. The molecule has 2 aliphatic carbocycles. The van der Waals surface area contributed by atoms with E-state index in [0.29, 0.717) is 11.7 Å². The summed E-state index contributed by atoms with van der Waals surface area (Å²) in [6, 6.07) is 38.7. The van der Waals surface area contributed by atoms with Crippen LogP contribution in [0.15, 0.2) is 115 Å². The van der Waals surface area contributed by atoms with E-state index < -0.39 is 0 Å². The van der Waals surface area contributed by atoms with Gasteiger partial charge in [-0.15, -0.1) is 0 Å². The minimum absolute atomic E-state index is 0.447. The number of benzene rings is 7. The van der Waals surface area contributed by atoms with Gasteiger partial charge in [-0.1, -0.05) is 129 Å². The fraction of sp³-hybridized carbons (Fsp3) is 0.122. The molecular formula is C41H32S. The third-order valence-electron chi connectivity index (χ3n) is 9.19. The van der Waals surface area contributed by atoms with Crippen LogP contribution in [0.4, 0.5) is 0 Å². The fourth-order valence-electron chi connectivity index (χ4n) is 7.41. The van der Waals surface area contributed by atoms with Gasteiger partial charge in [-0.25, -0.2) is 0 Å². The third-order valence-corrected chi connectivity index (χ3v) is 9.56. The van der Waals surface area contributed by atoms with Crippen molar-refractivity contribution < 1.29 is 0 Å². The summed E-state index contributed by atoms with van der Waals surface area (Å²) in [5.41, 5.74) is 7.86. The Balaban J connectivity index is 0.00000131. The van der Waals surface area contributed by atoms with Gasteiger partial charge in [0.05, 0.1) is 0 Å². The molecule has 0 spiro atoms. The van der Waals surface area contributed by atoms with Crippen molar-refractivity contribution in [3.63, 3.8) is 0 Å². The van der Waals surface area contributed by atoms with E-state index in [2.05, 4.69) is 121 Å². The molecule has 0 N–H and O–H groups in total. The maximum absolute atomic E-state index is 4.74. The second-order valence-corrected chi connectivity index (χ2v) is 11.7. The van der Waals surface area contributed by atoms with E-state index in [1.54, 1.807) is 0 Å². The summed E-state index contributed by atoms with van der Waals surface area (Å²) in [7, 11) is 0. The summed E-state index contributed by atoms with van der Waals surface area (Å²) >= 11 is 4.74. The van der Waals surface area contributed by atoms with Crippen LogP contribution in [0.5, 0.6) is 0 Å². The molecule has 1 heteroatoms. The molecule has 0 bridgehead atoms. The van der Waals surface area contributed by atoms with Gasteiger partial charge in [-0.2, -0.15) is 12.6 Å². The van der Waals surface area contributed by atoms with Crippen LogP contribution in [0.3, 0.4) is 0 Å². The number of rotatable bonds is 3. The second-order valence-electron chi connectivity index (χ2n) is 11.3. The average molecular weight is 557 g/mol. The van der Waals surface area contributed by atoms with E-state index in [9.17, 15) is 0 Å². The first-order valence-corrected chi connectivity index (χ1v) is 15.8. The van der Waals surface area contributed by atoms with Crippen molar-refractivity contribution in [1.82, 2.24) is 0 Å². The van der Waals surface area contributed by atoms with Gasteiger partial charge < -0.3 is 0 Å². The molecule has 7 aromatic carbocycles. The summed E-state index contributed by atoms with van der Waals surface area (Å²) in [5, 5.41) is 13.5. The Hall–Kier alpha value is -4.33. The Morgan fingerprint density at radius 1 is 0.667 bits per heavy atom. The van der Waals surface area contributed by atoms with Crippen LogP contribution in [0, 0.1) is 0 Å². The topological polar surface area (TPSA) is 0 Å².